The molecule has 1 heterocycles. The number of likely N-dealkylation sites (tertiary alicyclic amines) is 1. The van der Waals surface area contributed by atoms with E-state index in [1.807, 2.05) is 6.07 Å². The maximum atomic E-state index is 13.1. The summed E-state index contributed by atoms with van der Waals surface area (Å²) in [7, 11) is 4.58. The molecule has 6 nitrogen and oxygen atoms in total. The fraction of sp³-hybridized carbons (Fsp3) is 0.409. The van der Waals surface area contributed by atoms with Gasteiger partial charge in [0.05, 0.1) is 25.8 Å². The molecular weight excluding hydrogens is 436 g/mol. The molecule has 1 aliphatic rings. The fourth-order valence-corrected chi connectivity index (χ4v) is 4.37. The van der Waals surface area contributed by atoms with Gasteiger partial charge in [-0.3, -0.25) is 9.69 Å². The third-order valence-electron chi connectivity index (χ3n) is 5.23. The Labute approximate surface area is 180 Å². The van der Waals surface area contributed by atoms with E-state index in [0.29, 0.717) is 39.9 Å². The highest BCUT2D eigenvalue weighted by molar-refractivity contribution is 9.10. The van der Waals surface area contributed by atoms with Gasteiger partial charge < -0.3 is 19.5 Å². The van der Waals surface area contributed by atoms with Gasteiger partial charge in [-0.1, -0.05) is 30.3 Å². The molecular formula is C22H27BrN2O4. The highest BCUT2D eigenvalue weighted by atomic mass is 79.9. The number of rotatable bonds is 8. The molecule has 0 aliphatic carbocycles. The minimum atomic E-state index is -0.245. The lowest BCUT2D eigenvalue weighted by Gasteiger charge is -2.25. The van der Waals surface area contributed by atoms with E-state index in [2.05, 4.69) is 50.4 Å². The average molecular weight is 463 g/mol. The van der Waals surface area contributed by atoms with E-state index in [4.69, 9.17) is 14.2 Å². The highest BCUT2D eigenvalue weighted by Gasteiger charge is 2.28. The Morgan fingerprint density at radius 1 is 1.14 bits per heavy atom. The predicted octanol–water partition coefficient (Wildman–Crippen LogP) is 3.87. The standard InChI is InChI=1S/C22H27BrN2O4/c1-27-18-12-17(23)20(28-2)19(21(18)29-3)22(26)24-13-16-10-7-11-25(16)14-15-8-5-4-6-9-15/h4-6,8-9,12,16H,7,10-11,13-14H2,1-3H3,(H,24,26). The van der Waals surface area contributed by atoms with Crippen LogP contribution in [0.25, 0.3) is 0 Å². The Morgan fingerprint density at radius 3 is 2.52 bits per heavy atom. The molecule has 0 bridgehead atoms. The number of nitrogens with one attached hydrogen (secondary N) is 1. The molecule has 2 aromatic rings. The summed E-state index contributed by atoms with van der Waals surface area (Å²) in [5, 5.41) is 3.07. The van der Waals surface area contributed by atoms with Crippen molar-refractivity contribution in [1.82, 2.24) is 10.2 Å². The van der Waals surface area contributed by atoms with Gasteiger partial charge in [0.2, 0.25) is 0 Å². The number of amides is 1. The molecule has 1 unspecified atom stereocenters. The summed E-state index contributed by atoms with van der Waals surface area (Å²) in [6, 6.07) is 12.4. The van der Waals surface area contributed by atoms with Gasteiger partial charge in [-0.25, -0.2) is 0 Å². The van der Waals surface area contributed by atoms with Crippen molar-refractivity contribution in [2.24, 2.45) is 0 Å². The molecule has 1 saturated heterocycles. The van der Waals surface area contributed by atoms with Crippen LogP contribution in [0.1, 0.15) is 28.8 Å². The molecule has 0 aromatic heterocycles. The number of hydrogen-bond donors (Lipinski definition) is 1. The zero-order valence-electron chi connectivity index (χ0n) is 17.0. The molecule has 1 aliphatic heterocycles. The van der Waals surface area contributed by atoms with Gasteiger partial charge >= 0.3 is 0 Å². The first-order chi connectivity index (χ1) is 14.1. The van der Waals surface area contributed by atoms with Crippen molar-refractivity contribution in [3.05, 3.63) is 52.0 Å². The van der Waals surface area contributed by atoms with Crippen LogP contribution in [0.3, 0.4) is 0 Å². The summed E-state index contributed by atoms with van der Waals surface area (Å²) in [6.45, 7) is 2.48. The van der Waals surface area contributed by atoms with Crippen molar-refractivity contribution in [2.45, 2.75) is 25.4 Å². The van der Waals surface area contributed by atoms with Crippen LogP contribution >= 0.6 is 15.9 Å². The van der Waals surface area contributed by atoms with E-state index in [0.717, 1.165) is 25.9 Å². The summed E-state index contributed by atoms with van der Waals surface area (Å²) in [5.74, 6) is 1.01. The summed E-state index contributed by atoms with van der Waals surface area (Å²) < 4.78 is 16.9. The molecule has 2 aromatic carbocycles. The van der Waals surface area contributed by atoms with Crippen LogP contribution in [0.15, 0.2) is 40.9 Å². The lowest BCUT2D eigenvalue weighted by molar-refractivity contribution is 0.0932. The van der Waals surface area contributed by atoms with Crippen LogP contribution in [-0.4, -0.2) is 51.3 Å². The number of carbonyl (C=O) groups excluding carboxylic acids is 1. The summed E-state index contributed by atoms with van der Waals surface area (Å²) >= 11 is 3.45. The molecule has 7 heteroatoms. The Hall–Kier alpha value is -2.25. The zero-order valence-corrected chi connectivity index (χ0v) is 18.6. The van der Waals surface area contributed by atoms with Gasteiger partial charge in [0.1, 0.15) is 11.3 Å². The Morgan fingerprint density at radius 2 is 1.86 bits per heavy atom. The van der Waals surface area contributed by atoms with E-state index in [1.165, 1.54) is 19.8 Å². The maximum absolute atomic E-state index is 13.1. The van der Waals surface area contributed by atoms with Crippen LogP contribution in [-0.2, 0) is 6.54 Å². The third-order valence-corrected chi connectivity index (χ3v) is 5.82. The second-order valence-electron chi connectivity index (χ2n) is 6.96. The van der Waals surface area contributed by atoms with E-state index in [-0.39, 0.29) is 5.91 Å². The number of ether oxygens (including phenoxy) is 3. The molecule has 0 radical (unpaired) electrons. The van der Waals surface area contributed by atoms with Crippen LogP contribution in [0.5, 0.6) is 17.2 Å². The van der Waals surface area contributed by atoms with E-state index < -0.39 is 0 Å². The van der Waals surface area contributed by atoms with Gasteiger partial charge in [-0.05, 0) is 40.9 Å². The molecule has 1 amide bonds. The highest BCUT2D eigenvalue weighted by Crippen LogP contribution is 2.42. The summed E-state index contributed by atoms with van der Waals surface area (Å²) in [4.78, 5) is 15.5. The third kappa shape index (κ3) is 4.85. The van der Waals surface area contributed by atoms with Gasteiger partial charge in [0, 0.05) is 25.2 Å². The average Bonchev–Trinajstić information content (AvgIpc) is 3.18. The fourth-order valence-electron chi connectivity index (χ4n) is 3.80. The molecule has 0 saturated carbocycles. The van der Waals surface area contributed by atoms with Gasteiger partial charge in [-0.15, -0.1) is 0 Å². The Kier molecular flexibility index (Phi) is 7.39. The molecule has 1 atom stereocenters. The van der Waals surface area contributed by atoms with E-state index >= 15 is 0 Å². The lowest BCUT2D eigenvalue weighted by Crippen LogP contribution is -2.40. The minimum Gasteiger partial charge on any atom is -0.495 e. The zero-order chi connectivity index (χ0) is 20.8. The second-order valence-corrected chi connectivity index (χ2v) is 7.82. The van der Waals surface area contributed by atoms with Crippen molar-refractivity contribution in [2.75, 3.05) is 34.4 Å². The minimum absolute atomic E-state index is 0.245. The topological polar surface area (TPSA) is 60.0 Å². The van der Waals surface area contributed by atoms with Crippen molar-refractivity contribution in [3.8, 4) is 17.2 Å². The van der Waals surface area contributed by atoms with Gasteiger partial charge in [-0.2, -0.15) is 0 Å². The van der Waals surface area contributed by atoms with Crippen molar-refractivity contribution < 1.29 is 19.0 Å². The quantitative estimate of drug-likeness (QED) is 0.644. The Bertz CT molecular complexity index is 844. The van der Waals surface area contributed by atoms with E-state index in [1.54, 1.807) is 13.2 Å². The van der Waals surface area contributed by atoms with E-state index in [9.17, 15) is 4.79 Å². The molecule has 29 heavy (non-hydrogen) atoms. The molecule has 0 spiro atoms. The van der Waals surface area contributed by atoms with Crippen molar-refractivity contribution in [1.29, 1.82) is 0 Å². The number of benzene rings is 2. The largest absolute Gasteiger partial charge is 0.495 e. The van der Waals surface area contributed by atoms with Crippen LogP contribution in [0.4, 0.5) is 0 Å². The first-order valence-corrected chi connectivity index (χ1v) is 10.4. The lowest BCUT2D eigenvalue weighted by atomic mass is 10.1. The SMILES string of the molecule is COc1cc(Br)c(OC)c(C(=O)NCC2CCCN2Cc2ccccc2)c1OC. The maximum Gasteiger partial charge on any atom is 0.259 e. The van der Waals surface area contributed by atoms with Crippen LogP contribution in [0, 0.1) is 0 Å². The van der Waals surface area contributed by atoms with Crippen LogP contribution in [0.2, 0.25) is 0 Å². The summed E-state index contributed by atoms with van der Waals surface area (Å²) in [5.41, 5.74) is 1.61. The Balaban J connectivity index is 1.74. The first-order valence-electron chi connectivity index (χ1n) is 9.63. The molecule has 3 rings (SSSR count). The normalized spacial score (nSPS) is 16.5. The number of methoxy groups -OCH3 is 3. The summed E-state index contributed by atoms with van der Waals surface area (Å²) in [6.07, 6.45) is 2.19. The van der Waals surface area contributed by atoms with Crippen molar-refractivity contribution >= 4 is 21.8 Å². The van der Waals surface area contributed by atoms with Crippen LogP contribution < -0.4 is 19.5 Å². The van der Waals surface area contributed by atoms with Crippen molar-refractivity contribution in [3.63, 3.8) is 0 Å². The number of halogens is 1. The predicted molar refractivity (Wildman–Crippen MR) is 116 cm³/mol. The number of carbonyl (C=O) groups is 1. The molecule has 156 valence electrons. The smallest absolute Gasteiger partial charge is 0.259 e. The number of hydrogen-bond acceptors (Lipinski definition) is 5. The second kappa shape index (κ2) is 9.98. The molecule has 1 fully saturated rings. The first kappa shape index (κ1) is 21.5. The van der Waals surface area contributed by atoms with Gasteiger partial charge in [0.15, 0.2) is 11.5 Å². The van der Waals surface area contributed by atoms with Gasteiger partial charge in [0.25, 0.3) is 5.91 Å². The number of nitrogens with zero attached hydrogens (tertiary/aromatic N) is 1. The monoisotopic (exact) mass is 462 g/mol. The molecule has 1 N–H and O–H groups in total.